The van der Waals surface area contributed by atoms with Gasteiger partial charge in [-0.1, -0.05) is 29.4 Å². The van der Waals surface area contributed by atoms with Crippen LogP contribution in [0.2, 0.25) is 5.02 Å². The van der Waals surface area contributed by atoms with Gasteiger partial charge in [0, 0.05) is 22.5 Å². The van der Waals surface area contributed by atoms with Crippen molar-refractivity contribution < 1.29 is 0 Å². The minimum atomic E-state index is 0.732. The summed E-state index contributed by atoms with van der Waals surface area (Å²) in [6.45, 7) is 2.88. The monoisotopic (exact) mass is 265 g/mol. The summed E-state index contributed by atoms with van der Waals surface area (Å²) in [5.41, 5.74) is 0. The Balaban J connectivity index is 2.15. The van der Waals surface area contributed by atoms with Gasteiger partial charge in [0.2, 0.25) is 0 Å². The normalized spacial score (nSPS) is 10.2. The first-order valence-electron chi connectivity index (χ1n) is 5.27. The van der Waals surface area contributed by atoms with Gasteiger partial charge in [-0.15, -0.1) is 0 Å². The van der Waals surface area contributed by atoms with Crippen molar-refractivity contribution >= 4 is 29.2 Å². The summed E-state index contributed by atoms with van der Waals surface area (Å²) in [4.78, 5) is 9.41. The fourth-order valence-electron chi connectivity index (χ4n) is 1.32. The highest BCUT2D eigenvalue weighted by atomic mass is 35.5. The highest BCUT2D eigenvalue weighted by Gasteiger charge is 2.01. The second-order valence-electron chi connectivity index (χ2n) is 3.33. The molecule has 5 heteroatoms. The molecule has 0 saturated carbocycles. The van der Waals surface area contributed by atoms with Gasteiger partial charge >= 0.3 is 0 Å². The second-order valence-corrected chi connectivity index (χ2v) is 4.86. The quantitative estimate of drug-likeness (QED) is 0.855. The summed E-state index contributed by atoms with van der Waals surface area (Å²) < 4.78 is 0. The zero-order valence-corrected chi connectivity index (χ0v) is 10.9. The molecule has 0 atom stereocenters. The fraction of sp³-hybridized carbons (Fsp3) is 0.167. The average molecular weight is 266 g/mol. The molecule has 17 heavy (non-hydrogen) atoms. The minimum Gasteiger partial charge on any atom is -0.370 e. The highest BCUT2D eigenvalue weighted by molar-refractivity contribution is 7.99. The fourth-order valence-corrected chi connectivity index (χ4v) is 2.42. The van der Waals surface area contributed by atoms with Crippen molar-refractivity contribution in [1.82, 2.24) is 9.97 Å². The van der Waals surface area contributed by atoms with Gasteiger partial charge in [0.25, 0.3) is 0 Å². The van der Waals surface area contributed by atoms with E-state index < -0.39 is 0 Å². The molecule has 0 amide bonds. The molecule has 0 spiro atoms. The van der Waals surface area contributed by atoms with E-state index in [9.17, 15) is 0 Å². The summed E-state index contributed by atoms with van der Waals surface area (Å²) >= 11 is 7.50. The van der Waals surface area contributed by atoms with E-state index in [2.05, 4.69) is 15.3 Å². The first-order chi connectivity index (χ1) is 8.28. The Labute approximate surface area is 110 Å². The van der Waals surface area contributed by atoms with Gasteiger partial charge in [0.15, 0.2) is 0 Å². The van der Waals surface area contributed by atoms with Gasteiger partial charge in [-0.3, -0.25) is 0 Å². The molecular weight excluding hydrogens is 254 g/mol. The smallest absolute Gasteiger partial charge is 0.130 e. The Morgan fingerprint density at radius 2 is 2.18 bits per heavy atom. The summed E-state index contributed by atoms with van der Waals surface area (Å²) in [6.07, 6.45) is 1.56. The van der Waals surface area contributed by atoms with E-state index in [1.807, 2.05) is 37.3 Å². The van der Waals surface area contributed by atoms with Gasteiger partial charge in [0.1, 0.15) is 17.2 Å². The van der Waals surface area contributed by atoms with Gasteiger partial charge in [-0.05, 0) is 25.1 Å². The Morgan fingerprint density at radius 1 is 1.29 bits per heavy atom. The van der Waals surface area contributed by atoms with Gasteiger partial charge in [-0.25, -0.2) is 9.97 Å². The zero-order valence-electron chi connectivity index (χ0n) is 9.35. The third-order valence-electron chi connectivity index (χ3n) is 2.02. The number of anilines is 1. The number of benzene rings is 1. The lowest BCUT2D eigenvalue weighted by Gasteiger charge is -2.04. The van der Waals surface area contributed by atoms with E-state index in [0.717, 1.165) is 27.3 Å². The molecule has 2 rings (SSSR count). The molecule has 0 saturated heterocycles. The van der Waals surface area contributed by atoms with E-state index in [0.29, 0.717) is 0 Å². The summed E-state index contributed by atoms with van der Waals surface area (Å²) in [5.74, 6) is 0.840. The van der Waals surface area contributed by atoms with Gasteiger partial charge in [0.05, 0.1) is 0 Å². The predicted octanol–water partition coefficient (Wildman–Crippen LogP) is 3.71. The number of halogens is 1. The van der Waals surface area contributed by atoms with Crippen molar-refractivity contribution in [1.29, 1.82) is 0 Å². The minimum absolute atomic E-state index is 0.732. The lowest BCUT2D eigenvalue weighted by molar-refractivity contribution is 1.03. The van der Waals surface area contributed by atoms with Crippen LogP contribution < -0.4 is 5.32 Å². The SMILES string of the molecule is CCNc1cc(Sc2cccc(Cl)c2)ncn1. The van der Waals surface area contributed by atoms with E-state index >= 15 is 0 Å². The summed E-state index contributed by atoms with van der Waals surface area (Å²) in [7, 11) is 0. The third-order valence-corrected chi connectivity index (χ3v) is 3.18. The molecular formula is C12H12ClN3S. The van der Waals surface area contributed by atoms with Crippen LogP contribution in [0.1, 0.15) is 6.92 Å². The van der Waals surface area contributed by atoms with Crippen LogP contribution in [0.3, 0.4) is 0 Å². The standard InChI is InChI=1S/C12H12ClN3S/c1-2-14-11-7-12(16-8-15-11)17-10-5-3-4-9(13)6-10/h3-8H,2H2,1H3,(H,14,15,16). The maximum Gasteiger partial charge on any atom is 0.130 e. The number of nitrogens with one attached hydrogen (secondary N) is 1. The lowest BCUT2D eigenvalue weighted by atomic mass is 10.4. The molecule has 88 valence electrons. The molecule has 0 bridgehead atoms. The largest absolute Gasteiger partial charge is 0.370 e. The maximum absolute atomic E-state index is 5.93. The first-order valence-corrected chi connectivity index (χ1v) is 6.46. The highest BCUT2D eigenvalue weighted by Crippen LogP contribution is 2.28. The number of hydrogen-bond acceptors (Lipinski definition) is 4. The predicted molar refractivity (Wildman–Crippen MR) is 71.8 cm³/mol. The molecule has 1 N–H and O–H groups in total. The van der Waals surface area contributed by atoms with Gasteiger partial charge < -0.3 is 5.32 Å². The van der Waals surface area contributed by atoms with Crippen molar-refractivity contribution in [2.75, 3.05) is 11.9 Å². The first kappa shape index (κ1) is 12.2. The lowest BCUT2D eigenvalue weighted by Crippen LogP contribution is -1.99. The molecule has 0 fully saturated rings. The van der Waals surface area contributed by atoms with Crippen LogP contribution in [0.15, 0.2) is 46.6 Å². The summed E-state index contributed by atoms with van der Waals surface area (Å²) in [6, 6.07) is 9.63. The molecule has 1 aromatic heterocycles. The maximum atomic E-state index is 5.93. The molecule has 0 aliphatic heterocycles. The Kier molecular flexibility index (Phi) is 4.23. The Morgan fingerprint density at radius 3 is 2.94 bits per heavy atom. The molecule has 0 aliphatic carbocycles. The number of nitrogens with zero attached hydrogens (tertiary/aromatic N) is 2. The van der Waals surface area contributed by atoms with Crippen LogP contribution >= 0.6 is 23.4 Å². The van der Waals surface area contributed by atoms with E-state index in [-0.39, 0.29) is 0 Å². The van der Waals surface area contributed by atoms with Crippen molar-refractivity contribution in [2.24, 2.45) is 0 Å². The topological polar surface area (TPSA) is 37.8 Å². The van der Waals surface area contributed by atoms with Crippen molar-refractivity contribution in [3.63, 3.8) is 0 Å². The van der Waals surface area contributed by atoms with Crippen molar-refractivity contribution in [3.8, 4) is 0 Å². The molecule has 1 heterocycles. The van der Waals surface area contributed by atoms with Crippen LogP contribution in [0.5, 0.6) is 0 Å². The van der Waals surface area contributed by atoms with Crippen molar-refractivity contribution in [2.45, 2.75) is 16.8 Å². The van der Waals surface area contributed by atoms with E-state index in [4.69, 9.17) is 11.6 Å². The number of hydrogen-bond donors (Lipinski definition) is 1. The third kappa shape index (κ3) is 3.61. The van der Waals surface area contributed by atoms with Crippen LogP contribution in [-0.2, 0) is 0 Å². The Hall–Kier alpha value is -1.26. The molecule has 1 aromatic carbocycles. The van der Waals surface area contributed by atoms with Crippen LogP contribution in [0, 0.1) is 0 Å². The van der Waals surface area contributed by atoms with E-state index in [1.165, 1.54) is 0 Å². The molecule has 0 aliphatic rings. The zero-order chi connectivity index (χ0) is 12.1. The number of aromatic nitrogens is 2. The van der Waals surface area contributed by atoms with E-state index in [1.54, 1.807) is 18.1 Å². The summed E-state index contributed by atoms with van der Waals surface area (Å²) in [5, 5.41) is 4.79. The second kappa shape index (κ2) is 5.89. The van der Waals surface area contributed by atoms with Crippen LogP contribution in [-0.4, -0.2) is 16.5 Å². The Bertz CT molecular complexity index is 505. The van der Waals surface area contributed by atoms with Crippen molar-refractivity contribution in [3.05, 3.63) is 41.7 Å². The van der Waals surface area contributed by atoms with Crippen LogP contribution in [0.25, 0.3) is 0 Å². The number of rotatable bonds is 4. The molecule has 2 aromatic rings. The molecule has 3 nitrogen and oxygen atoms in total. The average Bonchev–Trinajstić information content (AvgIpc) is 2.30. The van der Waals surface area contributed by atoms with Gasteiger partial charge in [-0.2, -0.15) is 0 Å². The molecule has 0 unspecified atom stereocenters. The molecule has 0 radical (unpaired) electrons. The van der Waals surface area contributed by atoms with Crippen LogP contribution in [0.4, 0.5) is 5.82 Å².